The number of nitrogens with zero attached hydrogens (tertiary/aromatic N) is 2. The van der Waals surface area contributed by atoms with Crippen LogP contribution in [0.15, 0.2) is 62.0 Å². The Morgan fingerprint density at radius 1 is 1.06 bits per heavy atom. The predicted octanol–water partition coefficient (Wildman–Crippen LogP) is 2.42. The molecule has 0 amide bonds. The van der Waals surface area contributed by atoms with Crippen LogP contribution in [0.5, 0.6) is 0 Å². The maximum absolute atomic E-state index is 14.5. The van der Waals surface area contributed by atoms with Crippen LogP contribution in [0.3, 0.4) is 0 Å². The number of hydrogen-bond acceptors (Lipinski definition) is 5. The van der Waals surface area contributed by atoms with Crippen LogP contribution in [0.25, 0.3) is 21.8 Å². The number of hydrogen-bond donors (Lipinski definition) is 2. The lowest BCUT2D eigenvalue weighted by Gasteiger charge is -2.12. The van der Waals surface area contributed by atoms with Gasteiger partial charge < -0.3 is 14.8 Å². The zero-order valence-electron chi connectivity index (χ0n) is 15.1. The zero-order chi connectivity index (χ0) is 22.7. The maximum Gasteiger partial charge on any atom is 0.406 e. The Balaban J connectivity index is 1.99. The van der Waals surface area contributed by atoms with Gasteiger partial charge in [0.25, 0.3) is 5.56 Å². The molecule has 162 valence electrons. The number of aromatic nitrogens is 3. The summed E-state index contributed by atoms with van der Waals surface area (Å²) in [5, 5.41) is 8.88. The van der Waals surface area contributed by atoms with Gasteiger partial charge in [-0.2, -0.15) is 13.2 Å². The molecule has 4 aromatic rings. The number of fused-ring (bicyclic) bond motifs is 2. The Kier molecular flexibility index (Phi) is 4.46. The van der Waals surface area contributed by atoms with Crippen molar-refractivity contribution < 1.29 is 31.2 Å². The average Bonchev–Trinajstić information content (AvgIpc) is 3.07. The molecule has 2 heterocycles. The first-order chi connectivity index (χ1) is 14.4. The van der Waals surface area contributed by atoms with Crippen LogP contribution in [0.2, 0.25) is 0 Å². The molecular weight excluding hydrogens is 446 g/mol. The summed E-state index contributed by atoms with van der Waals surface area (Å²) in [6.45, 7) is -1.46. The largest absolute Gasteiger partial charge is 0.421 e. The number of aromatic amines is 1. The Morgan fingerprint density at radius 2 is 1.77 bits per heavy atom. The number of halogens is 4. The molecule has 0 unspecified atom stereocenters. The van der Waals surface area contributed by atoms with E-state index in [1.54, 1.807) is 0 Å². The highest BCUT2D eigenvalue weighted by molar-refractivity contribution is 7.91. The summed E-state index contributed by atoms with van der Waals surface area (Å²) in [6.07, 6.45) is -3.65. The highest BCUT2D eigenvalue weighted by Gasteiger charge is 2.30. The summed E-state index contributed by atoms with van der Waals surface area (Å²) < 4.78 is 79.7. The molecule has 0 atom stereocenters. The average molecular weight is 457 g/mol. The lowest BCUT2D eigenvalue weighted by molar-refractivity contribution is -0.139. The first-order valence-electron chi connectivity index (χ1n) is 8.48. The van der Waals surface area contributed by atoms with Crippen LogP contribution < -0.4 is 11.2 Å². The van der Waals surface area contributed by atoms with E-state index in [1.807, 2.05) is 0 Å². The van der Waals surface area contributed by atoms with Crippen LogP contribution >= 0.6 is 0 Å². The normalized spacial score (nSPS) is 12.6. The molecule has 31 heavy (non-hydrogen) atoms. The van der Waals surface area contributed by atoms with Crippen molar-refractivity contribution in [1.29, 1.82) is 0 Å². The summed E-state index contributed by atoms with van der Waals surface area (Å²) in [7, 11) is -4.60. The van der Waals surface area contributed by atoms with Crippen LogP contribution in [-0.4, -0.2) is 34.1 Å². The molecule has 0 aliphatic heterocycles. The van der Waals surface area contributed by atoms with Gasteiger partial charge in [0, 0.05) is 11.6 Å². The third-order valence-electron chi connectivity index (χ3n) is 4.63. The van der Waals surface area contributed by atoms with Gasteiger partial charge in [0.1, 0.15) is 12.4 Å². The monoisotopic (exact) mass is 457 g/mol. The number of nitrogens with one attached hydrogen (secondary N) is 1. The lowest BCUT2D eigenvalue weighted by Crippen LogP contribution is -2.33. The number of alkyl halides is 3. The van der Waals surface area contributed by atoms with E-state index in [0.717, 1.165) is 36.5 Å². The van der Waals surface area contributed by atoms with Crippen LogP contribution in [-0.2, 0) is 16.4 Å². The Bertz CT molecular complexity index is 1580. The Hall–Kier alpha value is -3.61. The molecule has 0 radical (unpaired) electrons. The van der Waals surface area contributed by atoms with Gasteiger partial charge in [-0.05, 0) is 30.3 Å². The number of H-pyrrole nitrogens is 1. The minimum Gasteiger partial charge on any atom is -0.421 e. The first kappa shape index (κ1) is 20.7. The molecule has 0 spiro atoms. The third kappa shape index (κ3) is 3.36. The number of sulfone groups is 1. The molecule has 0 fully saturated rings. The quantitative estimate of drug-likeness (QED) is 0.362. The zero-order valence-corrected chi connectivity index (χ0v) is 16.0. The minimum atomic E-state index is -4.63. The van der Waals surface area contributed by atoms with E-state index in [9.17, 15) is 40.8 Å². The van der Waals surface area contributed by atoms with Gasteiger partial charge in [-0.15, -0.1) is 0 Å². The van der Waals surface area contributed by atoms with Crippen LogP contribution in [0.4, 0.5) is 17.6 Å². The van der Waals surface area contributed by atoms with Gasteiger partial charge in [-0.25, -0.2) is 17.6 Å². The van der Waals surface area contributed by atoms with Gasteiger partial charge in [0.15, 0.2) is 0 Å². The van der Waals surface area contributed by atoms with E-state index in [2.05, 4.69) is 4.98 Å². The van der Waals surface area contributed by atoms with Crippen molar-refractivity contribution in [2.75, 3.05) is 0 Å². The smallest absolute Gasteiger partial charge is 0.406 e. The fourth-order valence-electron chi connectivity index (χ4n) is 3.27. The molecule has 4 rings (SSSR count). The van der Waals surface area contributed by atoms with E-state index < -0.39 is 54.9 Å². The predicted molar refractivity (Wildman–Crippen MR) is 99.4 cm³/mol. The molecule has 0 bridgehead atoms. The van der Waals surface area contributed by atoms with Gasteiger partial charge in [0.2, 0.25) is 9.84 Å². The molecule has 0 saturated carbocycles. The van der Waals surface area contributed by atoms with E-state index in [-0.39, 0.29) is 21.0 Å². The summed E-state index contributed by atoms with van der Waals surface area (Å²) in [5.41, 5.74) is -3.23. The van der Waals surface area contributed by atoms with E-state index in [1.165, 1.54) is 0 Å². The fraction of sp³-hybridized carbons (Fsp3) is 0.111. The Morgan fingerprint density at radius 3 is 2.45 bits per heavy atom. The fourth-order valence-corrected chi connectivity index (χ4v) is 4.73. The van der Waals surface area contributed by atoms with E-state index >= 15 is 0 Å². The van der Waals surface area contributed by atoms with Crippen molar-refractivity contribution in [3.8, 4) is 0 Å². The van der Waals surface area contributed by atoms with Crippen molar-refractivity contribution in [3.05, 3.63) is 69.3 Å². The molecule has 2 aromatic heterocycles. The van der Waals surface area contributed by atoms with Crippen molar-refractivity contribution >= 4 is 31.6 Å². The second-order valence-electron chi connectivity index (χ2n) is 6.63. The number of para-hydroxylation sites is 1. The van der Waals surface area contributed by atoms with Gasteiger partial charge in [0.05, 0.1) is 26.2 Å². The summed E-state index contributed by atoms with van der Waals surface area (Å²) in [6, 6.07) is 5.95. The van der Waals surface area contributed by atoms with E-state index in [0.29, 0.717) is 10.6 Å². The summed E-state index contributed by atoms with van der Waals surface area (Å²) >= 11 is 0. The molecular formula is C18H11F4N3O5S. The molecule has 2 N–H and O–H groups in total. The van der Waals surface area contributed by atoms with Crippen LogP contribution in [0.1, 0.15) is 0 Å². The SMILES string of the molecule is O=c1[nH]c2c(S(=O)(=O)c3cc(F)c4ccn(CC(F)(F)F)c4c3)cccc2c(=O)n1O. The minimum absolute atomic E-state index is 0.210. The Labute approximate surface area is 169 Å². The van der Waals surface area contributed by atoms with Crippen molar-refractivity contribution in [2.24, 2.45) is 0 Å². The second kappa shape index (κ2) is 6.70. The topological polar surface area (TPSA) is 114 Å². The molecule has 0 saturated heterocycles. The molecule has 0 aliphatic rings. The highest BCUT2D eigenvalue weighted by Crippen LogP contribution is 2.31. The second-order valence-corrected chi connectivity index (χ2v) is 8.54. The van der Waals surface area contributed by atoms with Gasteiger partial charge >= 0.3 is 11.9 Å². The third-order valence-corrected chi connectivity index (χ3v) is 6.41. The highest BCUT2D eigenvalue weighted by atomic mass is 32.2. The van der Waals surface area contributed by atoms with E-state index in [4.69, 9.17) is 0 Å². The van der Waals surface area contributed by atoms with Crippen molar-refractivity contribution in [1.82, 2.24) is 14.3 Å². The summed E-state index contributed by atoms with van der Waals surface area (Å²) in [5.74, 6) is -1.07. The van der Waals surface area contributed by atoms with Gasteiger partial charge in [-0.1, -0.05) is 10.8 Å². The standard InChI is InChI=1S/C18H11F4N3O5S/c19-12-6-9(7-13-10(12)4-5-24(13)8-18(20,21)22)31(29,30)14-3-1-2-11-15(14)23-17(27)25(28)16(11)26/h1-7,28H,8H2,(H,23,27). The molecule has 13 heteroatoms. The molecule has 2 aromatic carbocycles. The van der Waals surface area contributed by atoms with Crippen molar-refractivity contribution in [3.63, 3.8) is 0 Å². The maximum atomic E-state index is 14.5. The first-order valence-corrected chi connectivity index (χ1v) is 9.96. The molecule has 0 aliphatic carbocycles. The number of rotatable bonds is 3. The summed E-state index contributed by atoms with van der Waals surface area (Å²) in [4.78, 5) is 24.6. The molecule has 8 nitrogen and oxygen atoms in total. The van der Waals surface area contributed by atoms with Gasteiger partial charge in [-0.3, -0.25) is 4.79 Å². The lowest BCUT2D eigenvalue weighted by atomic mass is 10.2. The number of benzene rings is 2. The van der Waals surface area contributed by atoms with Crippen molar-refractivity contribution in [2.45, 2.75) is 22.5 Å². The van der Waals surface area contributed by atoms with Crippen LogP contribution in [0, 0.1) is 5.82 Å².